The molecule has 4 heterocycles. The van der Waals surface area contributed by atoms with Crippen molar-refractivity contribution in [3.05, 3.63) is 54.3 Å². The van der Waals surface area contributed by atoms with E-state index in [-0.39, 0.29) is 11.8 Å². The first-order valence-corrected chi connectivity index (χ1v) is 8.78. The maximum absolute atomic E-state index is 12.7. The molecule has 0 bridgehead atoms. The Morgan fingerprint density at radius 2 is 2.04 bits per heavy atom. The molecule has 3 aromatic heterocycles. The van der Waals surface area contributed by atoms with Crippen LogP contribution < -0.4 is 4.74 Å². The average molecular weight is 376 g/mol. The molecule has 4 aromatic rings. The third kappa shape index (κ3) is 2.77. The lowest BCUT2D eigenvalue weighted by atomic mass is 9.99. The Balaban J connectivity index is 1.28. The summed E-state index contributed by atoms with van der Waals surface area (Å²) in [4.78, 5) is 30.2. The number of H-pyrrole nitrogens is 1. The van der Waals surface area contributed by atoms with E-state index in [1.165, 1.54) is 0 Å². The number of rotatable bonds is 4. The minimum absolute atomic E-state index is 0.0124. The van der Waals surface area contributed by atoms with E-state index in [2.05, 4.69) is 25.1 Å². The summed E-state index contributed by atoms with van der Waals surface area (Å²) in [6, 6.07) is 9.23. The Morgan fingerprint density at radius 1 is 1.21 bits per heavy atom. The first kappa shape index (κ1) is 16.4. The summed E-state index contributed by atoms with van der Waals surface area (Å²) in [7, 11) is 1.61. The van der Waals surface area contributed by atoms with E-state index in [1.807, 2.05) is 24.3 Å². The van der Waals surface area contributed by atoms with Crippen LogP contribution >= 0.6 is 0 Å². The molecule has 1 fully saturated rings. The van der Waals surface area contributed by atoms with E-state index >= 15 is 0 Å². The first-order chi connectivity index (χ1) is 13.7. The molecular formula is C19H16N6O3. The van der Waals surface area contributed by atoms with Gasteiger partial charge in [0, 0.05) is 42.5 Å². The molecule has 0 aliphatic carbocycles. The van der Waals surface area contributed by atoms with E-state index in [0.29, 0.717) is 36.3 Å². The van der Waals surface area contributed by atoms with Crippen LogP contribution in [0.1, 0.15) is 22.3 Å². The molecule has 0 radical (unpaired) electrons. The minimum atomic E-state index is -0.0578. The van der Waals surface area contributed by atoms with Gasteiger partial charge in [0.25, 0.3) is 5.91 Å². The SMILES string of the molecule is COc1ccc2cc(C(=O)N3CC(c4nc(-c5ncccn5)no4)C3)[nH]c2c1. The smallest absolute Gasteiger partial charge is 0.270 e. The van der Waals surface area contributed by atoms with Gasteiger partial charge in [-0.3, -0.25) is 4.79 Å². The Morgan fingerprint density at radius 3 is 2.82 bits per heavy atom. The fourth-order valence-corrected chi connectivity index (χ4v) is 3.23. The summed E-state index contributed by atoms with van der Waals surface area (Å²) in [5, 5.41) is 4.89. The predicted octanol–water partition coefficient (Wildman–Crippen LogP) is 2.26. The van der Waals surface area contributed by atoms with Gasteiger partial charge in [0.1, 0.15) is 11.4 Å². The summed E-state index contributed by atoms with van der Waals surface area (Å²) in [6.45, 7) is 1.05. The van der Waals surface area contributed by atoms with Crippen molar-refractivity contribution < 1.29 is 14.1 Å². The van der Waals surface area contributed by atoms with Gasteiger partial charge in [-0.1, -0.05) is 5.16 Å². The van der Waals surface area contributed by atoms with Gasteiger partial charge in [0.15, 0.2) is 0 Å². The molecule has 0 spiro atoms. The van der Waals surface area contributed by atoms with Gasteiger partial charge in [-0.2, -0.15) is 4.98 Å². The number of hydrogen-bond acceptors (Lipinski definition) is 7. The second kappa shape index (κ2) is 6.45. The molecule has 5 rings (SSSR count). The average Bonchev–Trinajstić information content (AvgIpc) is 3.34. The number of amides is 1. The van der Waals surface area contributed by atoms with Gasteiger partial charge in [-0.05, 0) is 24.3 Å². The van der Waals surface area contributed by atoms with Crippen molar-refractivity contribution in [1.82, 2.24) is 30.0 Å². The molecule has 140 valence electrons. The summed E-state index contributed by atoms with van der Waals surface area (Å²) in [6.07, 6.45) is 3.25. The van der Waals surface area contributed by atoms with Crippen molar-refractivity contribution >= 4 is 16.8 Å². The number of likely N-dealkylation sites (tertiary alicyclic amines) is 1. The van der Waals surface area contributed by atoms with Crippen LogP contribution in [0.3, 0.4) is 0 Å². The molecular weight excluding hydrogens is 360 g/mol. The molecule has 1 saturated heterocycles. The molecule has 9 nitrogen and oxygen atoms in total. The molecule has 0 saturated carbocycles. The van der Waals surface area contributed by atoms with Crippen molar-refractivity contribution in [2.24, 2.45) is 0 Å². The van der Waals surface area contributed by atoms with Gasteiger partial charge in [0.2, 0.25) is 17.5 Å². The van der Waals surface area contributed by atoms with Crippen LogP contribution in [0.2, 0.25) is 0 Å². The van der Waals surface area contributed by atoms with Gasteiger partial charge in [-0.25, -0.2) is 9.97 Å². The zero-order chi connectivity index (χ0) is 19.1. The lowest BCUT2D eigenvalue weighted by Gasteiger charge is -2.36. The number of fused-ring (bicyclic) bond motifs is 1. The van der Waals surface area contributed by atoms with Crippen molar-refractivity contribution in [2.45, 2.75) is 5.92 Å². The van der Waals surface area contributed by atoms with Gasteiger partial charge in [0.05, 0.1) is 13.0 Å². The van der Waals surface area contributed by atoms with Crippen molar-refractivity contribution in [3.63, 3.8) is 0 Å². The highest BCUT2D eigenvalue weighted by molar-refractivity contribution is 5.98. The highest BCUT2D eigenvalue weighted by atomic mass is 16.5. The summed E-state index contributed by atoms with van der Waals surface area (Å²) in [5.41, 5.74) is 1.41. The summed E-state index contributed by atoms with van der Waals surface area (Å²) in [5.74, 6) is 1.96. The highest BCUT2D eigenvalue weighted by Crippen LogP contribution is 2.29. The van der Waals surface area contributed by atoms with Crippen LogP contribution in [0.25, 0.3) is 22.6 Å². The molecule has 1 aromatic carbocycles. The standard InChI is InChI=1S/C19H16N6O3/c1-27-13-4-3-11-7-15(22-14(11)8-13)19(26)25-9-12(10-25)18-23-17(24-28-18)16-20-5-2-6-21-16/h2-8,12,22H,9-10H2,1H3. The number of carbonyl (C=O) groups excluding carboxylic acids is 1. The topological polar surface area (TPSA) is 110 Å². The fraction of sp³-hybridized carbons (Fsp3) is 0.211. The van der Waals surface area contributed by atoms with E-state index in [9.17, 15) is 4.79 Å². The number of benzene rings is 1. The van der Waals surface area contributed by atoms with Crippen LogP contribution in [0.5, 0.6) is 5.75 Å². The highest BCUT2D eigenvalue weighted by Gasteiger charge is 2.36. The molecule has 1 amide bonds. The second-order valence-corrected chi connectivity index (χ2v) is 6.57. The molecule has 1 aliphatic heterocycles. The number of nitrogens with one attached hydrogen (secondary N) is 1. The number of aromatic amines is 1. The molecule has 0 unspecified atom stereocenters. The zero-order valence-electron chi connectivity index (χ0n) is 15.0. The van der Waals surface area contributed by atoms with Gasteiger partial charge < -0.3 is 19.1 Å². The molecule has 0 atom stereocenters. The molecule has 28 heavy (non-hydrogen) atoms. The molecule has 9 heteroatoms. The number of carbonyl (C=O) groups is 1. The lowest BCUT2D eigenvalue weighted by molar-refractivity contribution is 0.0564. The van der Waals surface area contributed by atoms with Gasteiger partial charge >= 0.3 is 0 Å². The Labute approximate surface area is 159 Å². The van der Waals surface area contributed by atoms with E-state index in [4.69, 9.17) is 9.26 Å². The molecule has 1 N–H and O–H groups in total. The number of methoxy groups -OCH3 is 1. The zero-order valence-corrected chi connectivity index (χ0v) is 15.0. The quantitative estimate of drug-likeness (QED) is 0.582. The van der Waals surface area contributed by atoms with Crippen LogP contribution in [0, 0.1) is 0 Å². The number of ether oxygens (including phenoxy) is 1. The second-order valence-electron chi connectivity index (χ2n) is 6.57. The van der Waals surface area contributed by atoms with Gasteiger partial charge in [-0.15, -0.1) is 0 Å². The summed E-state index contributed by atoms with van der Waals surface area (Å²) >= 11 is 0. The summed E-state index contributed by atoms with van der Waals surface area (Å²) < 4.78 is 10.6. The monoisotopic (exact) mass is 376 g/mol. The van der Waals surface area contributed by atoms with Crippen LogP contribution in [0.15, 0.2) is 47.2 Å². The van der Waals surface area contributed by atoms with E-state index in [0.717, 1.165) is 16.7 Å². The van der Waals surface area contributed by atoms with Crippen molar-refractivity contribution in [1.29, 1.82) is 0 Å². The minimum Gasteiger partial charge on any atom is -0.497 e. The van der Waals surface area contributed by atoms with Crippen molar-refractivity contribution in [2.75, 3.05) is 20.2 Å². The Bertz CT molecular complexity index is 1150. The molecule has 1 aliphatic rings. The number of nitrogens with zero attached hydrogens (tertiary/aromatic N) is 5. The number of hydrogen-bond donors (Lipinski definition) is 1. The van der Waals surface area contributed by atoms with Crippen LogP contribution in [-0.4, -0.2) is 56.1 Å². The first-order valence-electron chi connectivity index (χ1n) is 8.78. The van der Waals surface area contributed by atoms with Crippen LogP contribution in [0.4, 0.5) is 0 Å². The third-order valence-corrected chi connectivity index (χ3v) is 4.79. The third-order valence-electron chi connectivity index (χ3n) is 4.79. The Kier molecular flexibility index (Phi) is 3.78. The fourth-order valence-electron chi connectivity index (χ4n) is 3.23. The van der Waals surface area contributed by atoms with Crippen molar-refractivity contribution in [3.8, 4) is 17.4 Å². The lowest BCUT2D eigenvalue weighted by Crippen LogP contribution is -2.48. The Hall–Kier alpha value is -3.75. The van der Waals surface area contributed by atoms with Crippen LogP contribution in [-0.2, 0) is 0 Å². The largest absolute Gasteiger partial charge is 0.497 e. The normalized spacial score (nSPS) is 14.2. The maximum Gasteiger partial charge on any atom is 0.270 e. The number of aromatic nitrogens is 5. The maximum atomic E-state index is 12.7. The van der Waals surface area contributed by atoms with E-state index in [1.54, 1.807) is 30.5 Å². The predicted molar refractivity (Wildman–Crippen MR) is 98.8 cm³/mol. The van der Waals surface area contributed by atoms with E-state index < -0.39 is 0 Å².